The molecule has 0 atom stereocenters. The van der Waals surface area contributed by atoms with Crippen molar-refractivity contribution in [3.05, 3.63) is 413 Å². The molecular formula is C84H71BGeP3Pd+4. The first kappa shape index (κ1) is 63.2. The second-order valence-electron chi connectivity index (χ2n) is 22.0. The van der Waals surface area contributed by atoms with Crippen LogP contribution in [0.1, 0.15) is 0 Å². The average molecular weight is 1360 g/mol. The Morgan fingerprint density at radius 1 is 0.178 bits per heavy atom. The molecule has 1 radical (unpaired) electrons. The van der Waals surface area contributed by atoms with E-state index in [1.807, 2.05) is 0 Å². The van der Waals surface area contributed by atoms with E-state index in [4.69, 9.17) is 0 Å². The van der Waals surface area contributed by atoms with Crippen molar-refractivity contribution in [3.8, 4) is 0 Å². The van der Waals surface area contributed by atoms with Gasteiger partial charge >= 0.3 is 296 Å². The Kier molecular flexibility index (Phi) is 22.8. The van der Waals surface area contributed by atoms with Gasteiger partial charge in [-0.25, -0.2) is 0 Å². The summed E-state index contributed by atoms with van der Waals surface area (Å²) in [6.07, 6.45) is -1.22. The molecule has 14 rings (SSSR count). The van der Waals surface area contributed by atoms with Crippen LogP contribution in [0.25, 0.3) is 0 Å². The Morgan fingerprint density at radius 2 is 0.356 bits per heavy atom. The van der Waals surface area contributed by atoms with Gasteiger partial charge in [0.2, 0.25) is 0 Å². The molecule has 0 aromatic heterocycles. The molecule has 0 aliphatic rings. The molecule has 0 aliphatic carbocycles. The minimum absolute atomic E-state index is 0. The fraction of sp³-hybridized carbons (Fsp3) is 0. The van der Waals surface area contributed by atoms with Gasteiger partial charge in [-0.2, -0.15) is 21.9 Å². The molecule has 6 heteroatoms. The summed E-state index contributed by atoms with van der Waals surface area (Å²) in [6.45, 7) is 0. The van der Waals surface area contributed by atoms with Gasteiger partial charge in [-0.15, -0.1) is 0 Å². The van der Waals surface area contributed by atoms with E-state index in [9.17, 15) is 0 Å². The number of hydrogen-bond acceptors (Lipinski definition) is 0. The Morgan fingerprint density at radius 3 is 0.589 bits per heavy atom. The molecule has 0 fully saturated rings. The van der Waals surface area contributed by atoms with E-state index in [1.54, 1.807) is 8.79 Å². The minimum atomic E-state index is -2.35. The SMILES string of the molecule is [Pd+2].c1ccc([B-](c2ccccc2)(c2ccccc2)c2ccccc2)cc1.c1ccc([PH+](c2ccccc2)c2cccc[c]2[Ge]([c]2ccccc2)[c]2ccccc2[PH+](c2ccccc2)c2ccccc2)cc1.c1ccc([PH+](c2ccccc2)c2ccccc2)cc1. The summed E-state index contributed by atoms with van der Waals surface area (Å²) < 4.78 is 4.60. The monoisotopic (exact) mass is 1360 g/mol. The van der Waals surface area contributed by atoms with E-state index in [0.29, 0.717) is 0 Å². The predicted octanol–water partition coefficient (Wildman–Crippen LogP) is 11.4. The zero-order valence-corrected chi connectivity index (χ0v) is 56.8. The van der Waals surface area contributed by atoms with Gasteiger partial charge in [-0.05, 0) is 36.4 Å². The molecule has 0 unspecified atom stereocenters. The van der Waals surface area contributed by atoms with E-state index >= 15 is 0 Å². The van der Waals surface area contributed by atoms with Gasteiger partial charge in [0.1, 0.15) is 22.1 Å². The molecule has 0 nitrogen and oxygen atoms in total. The van der Waals surface area contributed by atoms with Crippen molar-refractivity contribution in [2.75, 3.05) is 0 Å². The van der Waals surface area contributed by atoms with Crippen LogP contribution in [0.5, 0.6) is 0 Å². The summed E-state index contributed by atoms with van der Waals surface area (Å²) in [5.41, 5.74) is 5.36. The van der Waals surface area contributed by atoms with Crippen molar-refractivity contribution >= 4 is 127 Å². The van der Waals surface area contributed by atoms with Crippen molar-refractivity contribution in [2.24, 2.45) is 0 Å². The summed E-state index contributed by atoms with van der Waals surface area (Å²) >= 11 is -2.35. The molecule has 0 spiro atoms. The molecule has 0 saturated carbocycles. The molecular weight excluding hydrogens is 1290 g/mol. The summed E-state index contributed by atoms with van der Waals surface area (Å²) in [5.74, 6) is 0. The fourth-order valence-electron chi connectivity index (χ4n) is 12.7. The summed E-state index contributed by atoms with van der Waals surface area (Å²) in [4.78, 5) is 0. The Hall–Kier alpha value is -8.36. The van der Waals surface area contributed by atoms with Crippen molar-refractivity contribution in [3.63, 3.8) is 0 Å². The molecule has 14 aromatic rings. The topological polar surface area (TPSA) is 0 Å². The summed E-state index contributed by atoms with van der Waals surface area (Å²) in [5, 5.41) is 13.1. The van der Waals surface area contributed by atoms with Gasteiger partial charge in [-0.1, -0.05) is 176 Å². The Bertz CT molecular complexity index is 3880. The zero-order chi connectivity index (χ0) is 60.1. The Labute approximate surface area is 555 Å². The van der Waals surface area contributed by atoms with Crippen LogP contribution in [0, 0.1) is 0 Å². The maximum absolute atomic E-state index is 2.46. The van der Waals surface area contributed by atoms with Gasteiger partial charge in [0.15, 0.2) is 0 Å². The molecule has 0 N–H and O–H groups in total. The van der Waals surface area contributed by atoms with Crippen molar-refractivity contribution in [1.82, 2.24) is 0 Å². The van der Waals surface area contributed by atoms with Crippen molar-refractivity contribution < 1.29 is 20.4 Å². The largest absolute Gasteiger partial charge is 0.102 e. The first-order chi connectivity index (χ1) is 44.3. The third-order valence-corrected chi connectivity index (χ3v) is 32.0. The third-order valence-electron chi connectivity index (χ3n) is 16.6. The molecule has 0 aliphatic heterocycles. The molecule has 90 heavy (non-hydrogen) atoms. The van der Waals surface area contributed by atoms with E-state index in [1.165, 1.54) is 74.0 Å². The second-order valence-corrected chi connectivity index (χ2v) is 34.4. The van der Waals surface area contributed by atoms with Crippen LogP contribution in [0.4, 0.5) is 0 Å². The first-order valence-corrected chi connectivity index (χ1v) is 38.4. The molecule has 0 heterocycles. The smallest absolute Gasteiger partial charge is 0.0620 e. The van der Waals surface area contributed by atoms with Gasteiger partial charge in [-0.3, -0.25) is 0 Å². The van der Waals surface area contributed by atoms with E-state index in [2.05, 4.69) is 413 Å². The molecule has 435 valence electrons. The summed E-state index contributed by atoms with van der Waals surface area (Å²) in [6, 6.07) is 151. The minimum Gasteiger partial charge on any atom is -0.0620 e. The second kappa shape index (κ2) is 32.4. The third kappa shape index (κ3) is 14.9. The van der Waals surface area contributed by atoms with Crippen LogP contribution in [0.2, 0.25) is 0 Å². The van der Waals surface area contributed by atoms with Crippen LogP contribution in [0.3, 0.4) is 0 Å². The van der Waals surface area contributed by atoms with E-state index in [0.717, 1.165) is 0 Å². The molecule has 0 amide bonds. The average Bonchev–Trinajstić information content (AvgIpc) is 0.798. The van der Waals surface area contributed by atoms with E-state index in [-0.39, 0.29) is 20.4 Å². The van der Waals surface area contributed by atoms with Crippen LogP contribution in [-0.4, -0.2) is 20.5 Å². The number of rotatable bonds is 16. The number of hydrogen-bond donors (Lipinski definition) is 0. The van der Waals surface area contributed by atoms with Gasteiger partial charge in [0.05, 0.1) is 7.92 Å². The Balaban J connectivity index is 0.000000155. The quantitative estimate of drug-likeness (QED) is 0.0668. The first-order valence-electron chi connectivity index (χ1n) is 30.7. The van der Waals surface area contributed by atoms with Gasteiger partial charge in [0.25, 0.3) is 0 Å². The molecule has 0 bridgehead atoms. The van der Waals surface area contributed by atoms with Crippen molar-refractivity contribution in [1.29, 1.82) is 0 Å². The molecule has 14 aromatic carbocycles. The van der Waals surface area contributed by atoms with Crippen LogP contribution >= 0.6 is 23.8 Å². The van der Waals surface area contributed by atoms with Crippen LogP contribution in [-0.2, 0) is 20.4 Å². The van der Waals surface area contributed by atoms with Crippen LogP contribution < -0.4 is 82.8 Å². The number of benzene rings is 14. The van der Waals surface area contributed by atoms with Gasteiger partial charge < -0.3 is 0 Å². The van der Waals surface area contributed by atoms with Crippen molar-refractivity contribution in [2.45, 2.75) is 0 Å². The summed E-state index contributed by atoms with van der Waals surface area (Å²) in [7, 11) is -3.38. The maximum Gasteiger partial charge on any atom is 0.102 e. The standard InChI is InChI=1S/C42H33GeP2.C24H20B.C18H15P.Pd/c1-6-20-34(21-7-1)43(39-30-16-18-32-41(39)44(35-22-8-2-9-23-35)36-24-10-3-11-25-36)40-31-17-19-33-42(40)45(37-26-12-4-13-27-37)38-28-14-5-15-29-38;1-5-13-21(14-6-1)25(22-15-7-2-8-16-22,23-17-9-3-10-18-23)24-19-11-4-12-20-24;1-4-10-16(11-5-1)19(17-12-6-2-7-13-17)18-14-8-3-9-15-18;/h1-33H;1-20H;1-15H;/q;-1;;+2/p+3. The normalized spacial score (nSPS) is 11.0. The van der Waals surface area contributed by atoms with Gasteiger partial charge in [0, 0.05) is 0 Å². The van der Waals surface area contributed by atoms with E-state index < -0.39 is 44.3 Å². The molecule has 0 saturated heterocycles. The fourth-order valence-corrected chi connectivity index (χ4v) is 29.0. The van der Waals surface area contributed by atoms with Crippen LogP contribution in [0.15, 0.2) is 413 Å². The zero-order valence-electron chi connectivity index (χ0n) is 50.2. The maximum atomic E-state index is 2.46. The predicted molar refractivity (Wildman–Crippen MR) is 401 cm³/mol.